The van der Waals surface area contributed by atoms with Crippen molar-refractivity contribution in [2.45, 2.75) is 47.1 Å². The van der Waals surface area contributed by atoms with Crippen molar-refractivity contribution in [2.24, 2.45) is 23.7 Å². The molecule has 1 aromatic rings. The van der Waals surface area contributed by atoms with E-state index in [-0.39, 0.29) is 17.9 Å². The van der Waals surface area contributed by atoms with Crippen molar-refractivity contribution in [1.29, 1.82) is 0 Å². The summed E-state index contributed by atoms with van der Waals surface area (Å²) >= 11 is 0. The summed E-state index contributed by atoms with van der Waals surface area (Å²) in [6.07, 6.45) is 5.46. The highest BCUT2D eigenvalue weighted by Gasteiger charge is 2.32. The highest BCUT2D eigenvalue weighted by atomic mass is 16.2. The normalized spacial score (nSPS) is 21.8. The Labute approximate surface area is 168 Å². The molecule has 0 fully saturated rings. The van der Waals surface area contributed by atoms with Crippen LogP contribution in [0.3, 0.4) is 0 Å². The standard InChI is InChI=1S/C22H34N4O2/c1-5-23-22(28)26-13-18-10-16(4)17(11-20(18)15(2)3)12-21(27)25-14-19-8-6-7-9-24-19/h6-10,15,17-18,20H,5,11-14H2,1-4H3,(H,25,27)(H2,23,26,28)/t17-,18+,20-/m0/s1. The largest absolute Gasteiger partial charge is 0.350 e. The molecule has 1 aliphatic rings. The average Bonchev–Trinajstić information content (AvgIpc) is 2.67. The molecule has 0 saturated carbocycles. The summed E-state index contributed by atoms with van der Waals surface area (Å²) in [4.78, 5) is 28.4. The first-order chi connectivity index (χ1) is 13.4. The van der Waals surface area contributed by atoms with Crippen molar-refractivity contribution < 1.29 is 9.59 Å². The van der Waals surface area contributed by atoms with E-state index in [1.54, 1.807) is 6.20 Å². The van der Waals surface area contributed by atoms with Gasteiger partial charge in [-0.05, 0) is 56.1 Å². The minimum absolute atomic E-state index is 0.0600. The van der Waals surface area contributed by atoms with Crippen molar-refractivity contribution in [3.63, 3.8) is 0 Å². The second-order valence-corrected chi connectivity index (χ2v) is 7.96. The summed E-state index contributed by atoms with van der Waals surface area (Å²) in [5, 5.41) is 8.73. The number of pyridine rings is 1. The Bertz CT molecular complexity index is 672. The minimum atomic E-state index is -0.118. The van der Waals surface area contributed by atoms with Crippen LogP contribution < -0.4 is 16.0 Å². The lowest BCUT2D eigenvalue weighted by Gasteiger charge is -2.37. The Kier molecular flexibility index (Phi) is 8.48. The van der Waals surface area contributed by atoms with E-state index in [0.29, 0.717) is 43.8 Å². The van der Waals surface area contributed by atoms with Crippen LogP contribution in [0.25, 0.3) is 0 Å². The molecule has 0 radical (unpaired) electrons. The van der Waals surface area contributed by atoms with Gasteiger partial charge in [-0.15, -0.1) is 0 Å². The van der Waals surface area contributed by atoms with Crippen LogP contribution in [0.4, 0.5) is 4.79 Å². The van der Waals surface area contributed by atoms with Gasteiger partial charge in [0.25, 0.3) is 0 Å². The summed E-state index contributed by atoms with van der Waals surface area (Å²) in [5.41, 5.74) is 2.11. The predicted octanol–water partition coefficient (Wildman–Crippen LogP) is 3.26. The van der Waals surface area contributed by atoms with Gasteiger partial charge in [0.2, 0.25) is 5.91 Å². The smallest absolute Gasteiger partial charge is 0.314 e. The molecule has 0 saturated heterocycles. The SMILES string of the molecule is CCNC(=O)NC[C@H]1C=C(C)[C@H](CC(=O)NCc2ccccn2)C[C@H]1C(C)C. The van der Waals surface area contributed by atoms with Gasteiger partial charge < -0.3 is 16.0 Å². The lowest BCUT2D eigenvalue weighted by atomic mass is 9.70. The number of urea groups is 1. The number of nitrogens with one attached hydrogen (secondary N) is 3. The predicted molar refractivity (Wildman–Crippen MR) is 111 cm³/mol. The quantitative estimate of drug-likeness (QED) is 0.600. The Morgan fingerprint density at radius 3 is 2.64 bits per heavy atom. The second-order valence-electron chi connectivity index (χ2n) is 7.96. The van der Waals surface area contributed by atoms with E-state index in [1.165, 1.54) is 5.57 Å². The summed E-state index contributed by atoms with van der Waals surface area (Å²) in [6, 6.07) is 5.58. The lowest BCUT2D eigenvalue weighted by molar-refractivity contribution is -0.122. The Morgan fingerprint density at radius 1 is 1.21 bits per heavy atom. The van der Waals surface area contributed by atoms with E-state index in [9.17, 15) is 9.59 Å². The monoisotopic (exact) mass is 386 g/mol. The molecular formula is C22H34N4O2. The molecule has 3 N–H and O–H groups in total. The first-order valence-corrected chi connectivity index (χ1v) is 10.3. The third-order valence-corrected chi connectivity index (χ3v) is 5.54. The number of nitrogens with zero attached hydrogens (tertiary/aromatic N) is 1. The van der Waals surface area contributed by atoms with Crippen molar-refractivity contribution >= 4 is 11.9 Å². The van der Waals surface area contributed by atoms with Gasteiger partial charge in [0.05, 0.1) is 12.2 Å². The first-order valence-electron chi connectivity index (χ1n) is 10.3. The summed E-state index contributed by atoms with van der Waals surface area (Å²) in [7, 11) is 0. The molecule has 28 heavy (non-hydrogen) atoms. The molecule has 0 unspecified atom stereocenters. The van der Waals surface area contributed by atoms with E-state index >= 15 is 0 Å². The van der Waals surface area contributed by atoms with Gasteiger partial charge in [-0.25, -0.2) is 4.79 Å². The molecular weight excluding hydrogens is 352 g/mol. The molecule has 0 aromatic carbocycles. The number of hydrogen-bond donors (Lipinski definition) is 3. The zero-order chi connectivity index (χ0) is 20.5. The molecule has 0 spiro atoms. The maximum atomic E-state index is 12.4. The Balaban J connectivity index is 1.93. The molecule has 1 aromatic heterocycles. The summed E-state index contributed by atoms with van der Waals surface area (Å²) < 4.78 is 0. The molecule has 2 rings (SSSR count). The Morgan fingerprint density at radius 2 is 2.00 bits per heavy atom. The highest BCUT2D eigenvalue weighted by Crippen LogP contribution is 2.38. The fourth-order valence-electron chi connectivity index (χ4n) is 3.93. The van der Waals surface area contributed by atoms with Crippen LogP contribution in [0, 0.1) is 23.7 Å². The van der Waals surface area contributed by atoms with E-state index in [1.807, 2.05) is 25.1 Å². The number of allylic oxidation sites excluding steroid dienone is 1. The molecule has 3 atom stereocenters. The van der Waals surface area contributed by atoms with Gasteiger partial charge in [0.1, 0.15) is 0 Å². The van der Waals surface area contributed by atoms with E-state index in [2.05, 4.69) is 47.8 Å². The molecule has 1 aliphatic carbocycles. The molecule has 0 bridgehead atoms. The number of carbonyl (C=O) groups is 2. The fraction of sp³-hybridized carbons (Fsp3) is 0.591. The maximum absolute atomic E-state index is 12.4. The van der Waals surface area contributed by atoms with E-state index in [4.69, 9.17) is 0 Å². The molecule has 0 aliphatic heterocycles. The van der Waals surface area contributed by atoms with E-state index < -0.39 is 0 Å². The van der Waals surface area contributed by atoms with Crippen molar-refractivity contribution in [2.75, 3.05) is 13.1 Å². The van der Waals surface area contributed by atoms with Gasteiger partial charge in [0.15, 0.2) is 0 Å². The molecule has 3 amide bonds. The van der Waals surface area contributed by atoms with E-state index in [0.717, 1.165) is 12.1 Å². The molecule has 1 heterocycles. The third-order valence-electron chi connectivity index (χ3n) is 5.54. The van der Waals surface area contributed by atoms with Gasteiger partial charge >= 0.3 is 6.03 Å². The van der Waals surface area contributed by atoms with Crippen LogP contribution in [-0.2, 0) is 11.3 Å². The van der Waals surface area contributed by atoms with Crippen LogP contribution in [-0.4, -0.2) is 30.0 Å². The van der Waals surface area contributed by atoms with Gasteiger partial charge in [0, 0.05) is 25.7 Å². The molecule has 154 valence electrons. The number of amides is 3. The van der Waals surface area contributed by atoms with Crippen LogP contribution in [0.2, 0.25) is 0 Å². The van der Waals surface area contributed by atoms with Crippen LogP contribution >= 0.6 is 0 Å². The highest BCUT2D eigenvalue weighted by molar-refractivity contribution is 5.76. The minimum Gasteiger partial charge on any atom is -0.350 e. The summed E-state index contributed by atoms with van der Waals surface area (Å²) in [6.45, 7) is 10.2. The second kappa shape index (κ2) is 10.8. The van der Waals surface area contributed by atoms with Crippen molar-refractivity contribution in [3.8, 4) is 0 Å². The average molecular weight is 387 g/mol. The maximum Gasteiger partial charge on any atom is 0.314 e. The Hall–Kier alpha value is -2.37. The molecule has 6 nitrogen and oxygen atoms in total. The topological polar surface area (TPSA) is 83.1 Å². The van der Waals surface area contributed by atoms with Crippen molar-refractivity contribution in [3.05, 3.63) is 41.7 Å². The van der Waals surface area contributed by atoms with Gasteiger partial charge in [-0.2, -0.15) is 0 Å². The summed E-state index contributed by atoms with van der Waals surface area (Å²) in [5.74, 6) is 1.54. The number of hydrogen-bond acceptors (Lipinski definition) is 3. The van der Waals surface area contributed by atoms with Crippen LogP contribution in [0.1, 0.15) is 46.2 Å². The zero-order valence-corrected chi connectivity index (χ0v) is 17.5. The number of aromatic nitrogens is 1. The number of carbonyl (C=O) groups excluding carboxylic acids is 2. The third kappa shape index (κ3) is 6.66. The lowest BCUT2D eigenvalue weighted by Crippen LogP contribution is -2.41. The van der Waals surface area contributed by atoms with Gasteiger partial charge in [-0.1, -0.05) is 31.6 Å². The number of rotatable bonds is 8. The first kappa shape index (κ1) is 21.9. The van der Waals surface area contributed by atoms with Gasteiger partial charge in [-0.3, -0.25) is 9.78 Å². The molecule has 6 heteroatoms. The zero-order valence-electron chi connectivity index (χ0n) is 17.5. The fourth-order valence-corrected chi connectivity index (χ4v) is 3.93. The van der Waals surface area contributed by atoms with Crippen LogP contribution in [0.15, 0.2) is 36.0 Å². The van der Waals surface area contributed by atoms with Crippen molar-refractivity contribution in [1.82, 2.24) is 20.9 Å². The van der Waals surface area contributed by atoms with Crippen LogP contribution in [0.5, 0.6) is 0 Å².